The molecule has 0 saturated heterocycles. The number of rotatable bonds is 5. The number of nitrogens with one attached hydrogen (secondary N) is 1. The van der Waals surface area contributed by atoms with Crippen LogP contribution in [0.15, 0.2) is 54.9 Å². The topological polar surface area (TPSA) is 75.9 Å². The number of amides is 1. The quantitative estimate of drug-likeness (QED) is 0.729. The first-order valence-electron chi connectivity index (χ1n) is 9.32. The molecular weight excluding hydrogens is 342 g/mol. The molecule has 1 aliphatic carbocycles. The average Bonchev–Trinajstić information content (AvgIpc) is 3.11. The van der Waals surface area contributed by atoms with E-state index in [0.717, 1.165) is 37.0 Å². The van der Waals surface area contributed by atoms with Crippen LogP contribution in [0.4, 0.5) is 0 Å². The molecule has 2 heterocycles. The summed E-state index contributed by atoms with van der Waals surface area (Å²) in [6, 6.07) is 13.2. The van der Waals surface area contributed by atoms with Gasteiger partial charge in [-0.15, -0.1) is 0 Å². The van der Waals surface area contributed by atoms with Crippen molar-refractivity contribution in [2.45, 2.75) is 44.4 Å². The first kappa shape index (κ1) is 17.5. The fourth-order valence-corrected chi connectivity index (χ4v) is 3.43. The van der Waals surface area contributed by atoms with Crippen LogP contribution in [-0.4, -0.2) is 32.5 Å². The van der Waals surface area contributed by atoms with E-state index in [9.17, 15) is 9.90 Å². The number of benzene rings is 1. The highest BCUT2D eigenvalue weighted by molar-refractivity contribution is 5.94. The molecule has 1 saturated carbocycles. The standard InChI is InChI=1S/C21H23N3O3/c25-18-9-7-16(8-10-18)23-21(26)15-4-3-5-19(12-15)27-14-17-13-24-11-2-1-6-20(24)22-17/h1-6,11-13,16,18,25H,7-10,14H2,(H,23,26). The van der Waals surface area contributed by atoms with Gasteiger partial charge in [0.05, 0.1) is 11.8 Å². The number of ether oxygens (including phenoxy) is 1. The Morgan fingerprint density at radius 3 is 2.85 bits per heavy atom. The smallest absolute Gasteiger partial charge is 0.251 e. The molecule has 1 fully saturated rings. The Hall–Kier alpha value is -2.86. The van der Waals surface area contributed by atoms with Crippen molar-refractivity contribution in [2.75, 3.05) is 0 Å². The molecule has 0 bridgehead atoms. The Bertz CT molecular complexity index is 896. The number of hydrogen-bond donors (Lipinski definition) is 2. The summed E-state index contributed by atoms with van der Waals surface area (Å²) < 4.78 is 7.78. The summed E-state index contributed by atoms with van der Waals surface area (Å²) in [5, 5.41) is 12.6. The van der Waals surface area contributed by atoms with Gasteiger partial charge in [-0.05, 0) is 56.0 Å². The lowest BCUT2D eigenvalue weighted by atomic mass is 9.93. The number of aliphatic hydroxyl groups excluding tert-OH is 1. The molecule has 2 aromatic heterocycles. The maximum atomic E-state index is 12.5. The van der Waals surface area contributed by atoms with E-state index < -0.39 is 0 Å². The molecule has 2 N–H and O–H groups in total. The van der Waals surface area contributed by atoms with E-state index in [1.54, 1.807) is 12.1 Å². The molecule has 0 unspecified atom stereocenters. The van der Waals surface area contributed by atoms with E-state index in [2.05, 4.69) is 10.3 Å². The van der Waals surface area contributed by atoms with E-state index in [0.29, 0.717) is 17.9 Å². The van der Waals surface area contributed by atoms with Gasteiger partial charge in [0, 0.05) is 24.0 Å². The minimum absolute atomic E-state index is 0.102. The zero-order valence-corrected chi connectivity index (χ0v) is 15.0. The van der Waals surface area contributed by atoms with Crippen LogP contribution in [0.5, 0.6) is 5.75 Å². The molecule has 0 atom stereocenters. The molecule has 1 amide bonds. The Balaban J connectivity index is 1.37. The SMILES string of the molecule is O=C(NC1CCC(O)CC1)c1cccc(OCc2cn3ccccc3n2)c1. The molecule has 1 aromatic carbocycles. The molecule has 6 heteroatoms. The molecule has 27 heavy (non-hydrogen) atoms. The Morgan fingerprint density at radius 2 is 2.04 bits per heavy atom. The van der Waals surface area contributed by atoms with Gasteiger partial charge in [0.2, 0.25) is 0 Å². The molecule has 1 aliphatic rings. The van der Waals surface area contributed by atoms with Gasteiger partial charge in [0.25, 0.3) is 5.91 Å². The van der Waals surface area contributed by atoms with Crippen molar-refractivity contribution < 1.29 is 14.6 Å². The number of pyridine rings is 1. The Kier molecular flexibility index (Phi) is 5.07. The fourth-order valence-electron chi connectivity index (χ4n) is 3.43. The lowest BCUT2D eigenvalue weighted by Crippen LogP contribution is -2.38. The van der Waals surface area contributed by atoms with Gasteiger partial charge < -0.3 is 19.6 Å². The highest BCUT2D eigenvalue weighted by atomic mass is 16.5. The van der Waals surface area contributed by atoms with Crippen LogP contribution >= 0.6 is 0 Å². The number of fused-ring (bicyclic) bond motifs is 1. The fraction of sp³-hybridized carbons (Fsp3) is 0.333. The zero-order valence-electron chi connectivity index (χ0n) is 15.0. The first-order chi connectivity index (χ1) is 13.2. The lowest BCUT2D eigenvalue weighted by Gasteiger charge is -2.26. The third kappa shape index (κ3) is 4.28. The second-order valence-corrected chi connectivity index (χ2v) is 6.99. The number of aromatic nitrogens is 2. The van der Waals surface area contributed by atoms with Crippen LogP contribution in [0.3, 0.4) is 0 Å². The van der Waals surface area contributed by atoms with Crippen LogP contribution in [0, 0.1) is 0 Å². The molecular formula is C21H23N3O3. The van der Waals surface area contributed by atoms with Gasteiger partial charge >= 0.3 is 0 Å². The number of carbonyl (C=O) groups is 1. The number of imidazole rings is 1. The van der Waals surface area contributed by atoms with Gasteiger partial charge in [0.15, 0.2) is 0 Å². The van der Waals surface area contributed by atoms with E-state index in [1.165, 1.54) is 0 Å². The molecule has 3 aromatic rings. The van der Waals surface area contributed by atoms with Crippen molar-refractivity contribution in [1.29, 1.82) is 0 Å². The van der Waals surface area contributed by atoms with Crippen LogP contribution in [-0.2, 0) is 6.61 Å². The van der Waals surface area contributed by atoms with Crippen LogP contribution in [0.25, 0.3) is 5.65 Å². The highest BCUT2D eigenvalue weighted by Crippen LogP contribution is 2.20. The minimum atomic E-state index is -0.227. The summed E-state index contributed by atoms with van der Waals surface area (Å²) in [6.07, 6.45) is 6.77. The molecule has 140 valence electrons. The third-order valence-corrected chi connectivity index (χ3v) is 4.93. The predicted octanol–water partition coefficient (Wildman–Crippen LogP) is 2.95. The monoisotopic (exact) mass is 365 g/mol. The number of hydrogen-bond acceptors (Lipinski definition) is 4. The Labute approximate surface area is 157 Å². The summed E-state index contributed by atoms with van der Waals surface area (Å²) >= 11 is 0. The number of carbonyl (C=O) groups excluding carboxylic acids is 1. The number of nitrogens with zero attached hydrogens (tertiary/aromatic N) is 2. The highest BCUT2D eigenvalue weighted by Gasteiger charge is 2.21. The van der Waals surface area contributed by atoms with Gasteiger partial charge in [-0.25, -0.2) is 4.98 Å². The van der Waals surface area contributed by atoms with E-state index in [4.69, 9.17) is 4.74 Å². The van der Waals surface area contributed by atoms with Crippen molar-refractivity contribution in [3.05, 3.63) is 66.1 Å². The zero-order chi connectivity index (χ0) is 18.6. The summed E-state index contributed by atoms with van der Waals surface area (Å²) in [5.74, 6) is 0.536. The van der Waals surface area contributed by atoms with Crippen molar-refractivity contribution in [3.63, 3.8) is 0 Å². The minimum Gasteiger partial charge on any atom is -0.487 e. The lowest BCUT2D eigenvalue weighted by molar-refractivity contribution is 0.0867. The summed E-state index contributed by atoms with van der Waals surface area (Å²) in [7, 11) is 0. The maximum Gasteiger partial charge on any atom is 0.251 e. The number of aliphatic hydroxyl groups is 1. The van der Waals surface area contributed by atoms with Gasteiger partial charge in [-0.2, -0.15) is 0 Å². The van der Waals surface area contributed by atoms with E-state index >= 15 is 0 Å². The van der Waals surface area contributed by atoms with Crippen LogP contribution in [0.2, 0.25) is 0 Å². The summed E-state index contributed by atoms with van der Waals surface area (Å²) in [5.41, 5.74) is 2.28. The van der Waals surface area contributed by atoms with E-state index in [1.807, 2.05) is 47.1 Å². The van der Waals surface area contributed by atoms with Crippen molar-refractivity contribution in [2.24, 2.45) is 0 Å². The molecule has 0 radical (unpaired) electrons. The molecule has 0 aliphatic heterocycles. The summed E-state index contributed by atoms with van der Waals surface area (Å²) in [6.45, 7) is 0.341. The second-order valence-electron chi connectivity index (χ2n) is 6.99. The first-order valence-corrected chi connectivity index (χ1v) is 9.32. The van der Waals surface area contributed by atoms with Gasteiger partial charge in [-0.3, -0.25) is 4.79 Å². The largest absolute Gasteiger partial charge is 0.487 e. The Morgan fingerprint density at radius 1 is 1.19 bits per heavy atom. The van der Waals surface area contributed by atoms with Gasteiger partial charge in [-0.1, -0.05) is 12.1 Å². The molecule has 4 rings (SSSR count). The predicted molar refractivity (Wildman–Crippen MR) is 102 cm³/mol. The van der Waals surface area contributed by atoms with Crippen molar-refractivity contribution >= 4 is 11.6 Å². The van der Waals surface area contributed by atoms with Crippen LogP contribution < -0.4 is 10.1 Å². The average molecular weight is 365 g/mol. The summed E-state index contributed by atoms with van der Waals surface area (Å²) in [4.78, 5) is 17.0. The molecule has 0 spiro atoms. The normalized spacial score (nSPS) is 19.7. The second kappa shape index (κ2) is 7.80. The van der Waals surface area contributed by atoms with Gasteiger partial charge in [0.1, 0.15) is 18.0 Å². The third-order valence-electron chi connectivity index (χ3n) is 4.93. The van der Waals surface area contributed by atoms with Crippen molar-refractivity contribution in [3.8, 4) is 5.75 Å². The molecule has 6 nitrogen and oxygen atoms in total. The van der Waals surface area contributed by atoms with E-state index in [-0.39, 0.29) is 18.1 Å². The maximum absolute atomic E-state index is 12.5. The van der Waals surface area contributed by atoms with Crippen molar-refractivity contribution in [1.82, 2.24) is 14.7 Å². The van der Waals surface area contributed by atoms with Crippen LogP contribution in [0.1, 0.15) is 41.7 Å².